The first-order valence-electron chi connectivity index (χ1n) is 5.91. The van der Waals surface area contributed by atoms with Crippen molar-refractivity contribution in [1.82, 2.24) is 0 Å². The van der Waals surface area contributed by atoms with Crippen LogP contribution in [0.5, 0.6) is 0 Å². The average molecular weight is 362 g/mol. The maximum absolute atomic E-state index is 12.4. The van der Waals surface area contributed by atoms with E-state index < -0.39 is 5.41 Å². The second-order valence-corrected chi connectivity index (χ2v) is 6.77. The van der Waals surface area contributed by atoms with Crippen LogP contribution in [-0.4, -0.2) is 10.9 Å². The Kier molecular flexibility index (Phi) is 4.18. The predicted octanol–water partition coefficient (Wildman–Crippen LogP) is 3.74. The summed E-state index contributed by atoms with van der Waals surface area (Å²) in [6.07, 6.45) is 1.42. The number of nitrogens with two attached hydrogens (primary N) is 1. The van der Waals surface area contributed by atoms with Crippen LogP contribution in [0.2, 0.25) is 5.02 Å². The van der Waals surface area contributed by atoms with Crippen molar-refractivity contribution in [1.29, 1.82) is 0 Å². The summed E-state index contributed by atoms with van der Waals surface area (Å²) in [5.74, 6) is 0.335. The molecule has 1 saturated carbocycles. The van der Waals surface area contributed by atoms with Crippen LogP contribution in [-0.2, 0) is 4.79 Å². The van der Waals surface area contributed by atoms with Crippen molar-refractivity contribution in [2.24, 2.45) is 17.1 Å². The van der Waals surface area contributed by atoms with Gasteiger partial charge in [-0.2, -0.15) is 0 Å². The van der Waals surface area contributed by atoms with Gasteiger partial charge in [-0.05, 0) is 52.9 Å². The Morgan fingerprint density at radius 3 is 2.68 bits per heavy atom. The fraction of sp³-hybridized carbons (Fsp3) is 0.385. The number of rotatable bonds is 3. The molecule has 0 heterocycles. The smallest absolute Gasteiger partial charge is 0.237 e. The molecule has 19 heavy (non-hydrogen) atoms. The highest BCUT2D eigenvalue weighted by Crippen LogP contribution is 2.46. The molecule has 0 unspecified atom stereocenters. The molecule has 0 atom stereocenters. The summed E-state index contributed by atoms with van der Waals surface area (Å²) in [5.41, 5.74) is 5.72. The van der Waals surface area contributed by atoms with E-state index in [0.29, 0.717) is 29.5 Å². The van der Waals surface area contributed by atoms with Gasteiger partial charge in [0.15, 0.2) is 0 Å². The zero-order valence-corrected chi connectivity index (χ0v) is 13.5. The lowest BCUT2D eigenvalue weighted by molar-refractivity contribution is -0.127. The lowest BCUT2D eigenvalue weighted by atomic mass is 9.62. The summed E-state index contributed by atoms with van der Waals surface area (Å²) < 4.78 is 0.735. The molecule has 0 saturated heterocycles. The van der Waals surface area contributed by atoms with Crippen molar-refractivity contribution in [2.75, 3.05) is 5.32 Å². The SMILES string of the molecule is CC1CC(C(=O)Nc2ccc(Cl)cc2Br)(C(N)=S)C1. The number of hydrogen-bond donors (Lipinski definition) is 2. The topological polar surface area (TPSA) is 55.1 Å². The molecular weight excluding hydrogens is 348 g/mol. The van der Waals surface area contributed by atoms with Crippen LogP contribution in [0.15, 0.2) is 22.7 Å². The van der Waals surface area contributed by atoms with Crippen LogP contribution in [0.1, 0.15) is 19.8 Å². The van der Waals surface area contributed by atoms with Gasteiger partial charge in [0.2, 0.25) is 5.91 Å². The minimum Gasteiger partial charge on any atom is -0.392 e. The number of amides is 1. The standard InChI is InChI=1S/C13H14BrClN2OS/c1-7-5-13(6-7,11(16)19)12(18)17-10-3-2-8(15)4-9(10)14/h2-4,7H,5-6H2,1H3,(H2,16,19)(H,17,18). The summed E-state index contributed by atoms with van der Waals surface area (Å²) in [7, 11) is 0. The van der Waals surface area contributed by atoms with Gasteiger partial charge in [-0.3, -0.25) is 4.79 Å². The van der Waals surface area contributed by atoms with E-state index in [1.807, 2.05) is 0 Å². The maximum Gasteiger partial charge on any atom is 0.237 e. The van der Waals surface area contributed by atoms with Gasteiger partial charge < -0.3 is 11.1 Å². The first-order chi connectivity index (χ1) is 8.85. The highest BCUT2D eigenvalue weighted by atomic mass is 79.9. The molecule has 2 rings (SSSR count). The normalized spacial score (nSPS) is 25.5. The number of thiocarbonyl (C=S) groups is 1. The Labute approximate surface area is 131 Å². The second-order valence-electron chi connectivity index (χ2n) is 5.04. The number of anilines is 1. The molecule has 1 fully saturated rings. The predicted molar refractivity (Wildman–Crippen MR) is 85.4 cm³/mol. The third-order valence-electron chi connectivity index (χ3n) is 3.48. The molecule has 1 aliphatic rings. The molecule has 102 valence electrons. The van der Waals surface area contributed by atoms with E-state index in [0.717, 1.165) is 4.47 Å². The summed E-state index contributed by atoms with van der Waals surface area (Å²) in [6.45, 7) is 2.09. The summed E-state index contributed by atoms with van der Waals surface area (Å²) in [5, 5.41) is 3.47. The fourth-order valence-electron chi connectivity index (χ4n) is 2.46. The Morgan fingerprint density at radius 2 is 2.21 bits per heavy atom. The van der Waals surface area contributed by atoms with Gasteiger partial charge in [0, 0.05) is 9.50 Å². The molecule has 1 aliphatic carbocycles. The molecular formula is C13H14BrClN2OS. The molecule has 0 aromatic heterocycles. The monoisotopic (exact) mass is 360 g/mol. The molecule has 6 heteroatoms. The molecule has 0 radical (unpaired) electrons. The van der Waals surface area contributed by atoms with Gasteiger partial charge in [0.1, 0.15) is 0 Å². The average Bonchev–Trinajstić information content (AvgIpc) is 2.27. The summed E-state index contributed by atoms with van der Waals surface area (Å²) >= 11 is 14.3. The third-order valence-corrected chi connectivity index (χ3v) is 4.76. The fourth-order valence-corrected chi connectivity index (χ4v) is 3.50. The van der Waals surface area contributed by atoms with E-state index in [4.69, 9.17) is 29.6 Å². The van der Waals surface area contributed by atoms with E-state index in [2.05, 4.69) is 28.2 Å². The molecule has 0 spiro atoms. The number of nitrogens with one attached hydrogen (secondary N) is 1. The van der Waals surface area contributed by atoms with Crippen LogP contribution in [0.4, 0.5) is 5.69 Å². The highest BCUT2D eigenvalue weighted by Gasteiger charge is 2.50. The Morgan fingerprint density at radius 1 is 1.58 bits per heavy atom. The number of halogens is 2. The summed E-state index contributed by atoms with van der Waals surface area (Å²) in [4.78, 5) is 12.7. The van der Waals surface area contributed by atoms with Crippen molar-refractivity contribution in [2.45, 2.75) is 19.8 Å². The van der Waals surface area contributed by atoms with Crippen molar-refractivity contribution >= 4 is 56.3 Å². The first-order valence-corrected chi connectivity index (χ1v) is 7.49. The minimum atomic E-state index is -0.701. The molecule has 0 aliphatic heterocycles. The number of benzene rings is 1. The quantitative estimate of drug-likeness (QED) is 0.806. The van der Waals surface area contributed by atoms with Gasteiger partial charge >= 0.3 is 0 Å². The van der Waals surface area contributed by atoms with Crippen LogP contribution >= 0.6 is 39.7 Å². The Balaban J connectivity index is 2.19. The van der Waals surface area contributed by atoms with Crippen molar-refractivity contribution in [3.63, 3.8) is 0 Å². The molecule has 1 aromatic carbocycles. The van der Waals surface area contributed by atoms with Gasteiger partial charge in [-0.1, -0.05) is 30.7 Å². The van der Waals surface area contributed by atoms with Crippen LogP contribution < -0.4 is 11.1 Å². The van der Waals surface area contributed by atoms with Crippen molar-refractivity contribution in [3.8, 4) is 0 Å². The van der Waals surface area contributed by atoms with Crippen LogP contribution in [0, 0.1) is 11.3 Å². The van der Waals surface area contributed by atoms with E-state index in [9.17, 15) is 4.79 Å². The minimum absolute atomic E-state index is 0.138. The number of hydrogen-bond acceptors (Lipinski definition) is 2. The highest BCUT2D eigenvalue weighted by molar-refractivity contribution is 9.10. The molecule has 0 bridgehead atoms. The van der Waals surface area contributed by atoms with Gasteiger partial charge in [0.25, 0.3) is 0 Å². The largest absolute Gasteiger partial charge is 0.392 e. The second kappa shape index (κ2) is 5.38. The van der Waals surface area contributed by atoms with Crippen LogP contribution in [0.3, 0.4) is 0 Å². The number of carbonyl (C=O) groups excluding carboxylic acids is 1. The molecule has 1 amide bonds. The van der Waals surface area contributed by atoms with E-state index in [1.54, 1.807) is 18.2 Å². The maximum atomic E-state index is 12.4. The zero-order valence-electron chi connectivity index (χ0n) is 10.4. The Bertz CT molecular complexity index is 543. The molecule has 1 aromatic rings. The molecule has 3 N–H and O–H groups in total. The van der Waals surface area contributed by atoms with E-state index >= 15 is 0 Å². The lowest BCUT2D eigenvalue weighted by Crippen LogP contribution is -2.53. The van der Waals surface area contributed by atoms with Gasteiger partial charge in [0.05, 0.1) is 16.1 Å². The third kappa shape index (κ3) is 2.78. The van der Waals surface area contributed by atoms with Crippen LogP contribution in [0.25, 0.3) is 0 Å². The Hall–Kier alpha value is -0.650. The van der Waals surface area contributed by atoms with E-state index in [-0.39, 0.29) is 10.9 Å². The summed E-state index contributed by atoms with van der Waals surface area (Å²) in [6, 6.07) is 5.20. The molecule has 3 nitrogen and oxygen atoms in total. The van der Waals surface area contributed by atoms with E-state index in [1.165, 1.54) is 0 Å². The number of carbonyl (C=O) groups is 1. The van der Waals surface area contributed by atoms with Crippen molar-refractivity contribution < 1.29 is 4.79 Å². The van der Waals surface area contributed by atoms with Crippen molar-refractivity contribution in [3.05, 3.63) is 27.7 Å². The first kappa shape index (κ1) is 14.8. The van der Waals surface area contributed by atoms with Gasteiger partial charge in [-0.15, -0.1) is 0 Å². The zero-order chi connectivity index (χ0) is 14.2. The lowest BCUT2D eigenvalue weighted by Gasteiger charge is -2.44. The van der Waals surface area contributed by atoms with Gasteiger partial charge in [-0.25, -0.2) is 0 Å².